The Bertz CT molecular complexity index is 978. The van der Waals surface area contributed by atoms with E-state index in [2.05, 4.69) is 122 Å². The number of unbranched alkanes of at least 4 members (excludes halogenated alkanes) is 1. The first-order chi connectivity index (χ1) is 15.3. The zero-order chi connectivity index (χ0) is 21.4. The molecule has 0 aliphatic carbocycles. The maximum atomic E-state index is 5.89. The van der Waals surface area contributed by atoms with Crippen LogP contribution in [0.4, 0.5) is 28.2 Å². The van der Waals surface area contributed by atoms with Gasteiger partial charge < -0.3 is 4.74 Å². The van der Waals surface area contributed by atoms with Crippen molar-refractivity contribution in [1.82, 2.24) is 0 Å². The normalized spacial score (nSPS) is 9.18. The monoisotopic (exact) mass is 666 g/mol. The molecule has 0 aromatic heterocycles. The third-order valence-electron chi connectivity index (χ3n) is 5.70. The van der Waals surface area contributed by atoms with Gasteiger partial charge in [-0.3, -0.25) is 28.2 Å². The number of ether oxygens (including phenoxy) is 1. The molecule has 209 valence electrons. The van der Waals surface area contributed by atoms with Crippen LogP contribution in [0.3, 0.4) is 0 Å². The molecule has 4 rings (SSSR count). The molecule has 4 aromatic carbocycles. The van der Waals surface area contributed by atoms with Gasteiger partial charge in [-0.1, -0.05) is 80.1 Å². The summed E-state index contributed by atoms with van der Waals surface area (Å²) in [4.78, 5) is 0. The van der Waals surface area contributed by atoms with E-state index < -0.39 is 7.26 Å². The molecule has 0 aliphatic rings. The van der Waals surface area contributed by atoms with Gasteiger partial charge in [-0.25, -0.2) is 0 Å². The van der Waals surface area contributed by atoms with Crippen LogP contribution in [0.15, 0.2) is 115 Å². The van der Waals surface area contributed by atoms with Gasteiger partial charge >= 0.3 is 0 Å². The predicted molar refractivity (Wildman–Crippen MR) is 156 cm³/mol. The fraction of sp³-hybridized carbons (Fsp3) is 0.172. The van der Waals surface area contributed by atoms with Gasteiger partial charge in [0.2, 0.25) is 0 Å². The second-order valence-corrected chi connectivity index (χ2v) is 11.3. The van der Waals surface area contributed by atoms with E-state index in [4.69, 9.17) is 4.74 Å². The zero-order valence-electron chi connectivity index (χ0n) is 21.1. The number of halogens is 6. The second-order valence-electron chi connectivity index (χ2n) is 7.82. The standard InChI is InChI=1S/C29H30OP.6FH.Sb/c1-2-3-23-30-26-21-19-25(20-22-26)24-31(27-13-7-4-8-14-27,28-15-9-5-10-16-28)29-17-11-6-12-18-29;;;;;;;/h4-22H,2-3,23-24H2,1H3;6*1H;/q+1;;;;;;;. The van der Waals surface area contributed by atoms with E-state index in [0.717, 1.165) is 31.4 Å². The molecule has 0 saturated carbocycles. The third-order valence-corrected chi connectivity index (χ3v) is 10.1. The Morgan fingerprint density at radius 3 is 1.24 bits per heavy atom. The van der Waals surface area contributed by atoms with E-state index >= 15 is 0 Å². The number of benzene rings is 4. The van der Waals surface area contributed by atoms with Crippen molar-refractivity contribution in [3.05, 3.63) is 121 Å². The summed E-state index contributed by atoms with van der Waals surface area (Å²) in [7, 11) is -1.86. The van der Waals surface area contributed by atoms with E-state index in [9.17, 15) is 0 Å². The summed E-state index contributed by atoms with van der Waals surface area (Å²) in [5.41, 5.74) is 1.34. The summed E-state index contributed by atoms with van der Waals surface area (Å²) in [5.74, 6) is 0.959. The summed E-state index contributed by atoms with van der Waals surface area (Å²) in [5, 5.41) is 4.24. The number of hydrogen-bond acceptors (Lipinski definition) is 1. The second kappa shape index (κ2) is 21.4. The molecule has 3 radical (unpaired) electrons. The van der Waals surface area contributed by atoms with Gasteiger partial charge in [-0.2, -0.15) is 0 Å². The van der Waals surface area contributed by atoms with Crippen LogP contribution in [0.2, 0.25) is 0 Å². The van der Waals surface area contributed by atoms with Gasteiger partial charge in [-0.15, -0.1) is 0 Å². The Kier molecular flexibility index (Phi) is 24.0. The molecule has 0 unspecified atom stereocenters. The molecule has 0 fully saturated rings. The van der Waals surface area contributed by atoms with Crippen LogP contribution in [0.25, 0.3) is 0 Å². The van der Waals surface area contributed by atoms with Crippen LogP contribution >= 0.6 is 7.26 Å². The molecule has 0 spiro atoms. The number of rotatable bonds is 9. The molecule has 0 atom stereocenters. The fourth-order valence-corrected chi connectivity index (χ4v) is 8.31. The fourth-order valence-electron chi connectivity index (χ4n) is 4.07. The van der Waals surface area contributed by atoms with Crippen molar-refractivity contribution in [2.24, 2.45) is 0 Å². The van der Waals surface area contributed by atoms with Crippen LogP contribution in [0, 0.1) is 0 Å². The first-order valence-corrected chi connectivity index (χ1v) is 13.1. The van der Waals surface area contributed by atoms with Crippen LogP contribution < -0.4 is 20.7 Å². The molecule has 0 amide bonds. The minimum absolute atomic E-state index is 0. The molecule has 38 heavy (non-hydrogen) atoms. The van der Waals surface area contributed by atoms with Crippen molar-refractivity contribution in [1.29, 1.82) is 0 Å². The van der Waals surface area contributed by atoms with Crippen molar-refractivity contribution in [2.75, 3.05) is 6.61 Å². The van der Waals surface area contributed by atoms with Gasteiger partial charge in [0.15, 0.2) is 0 Å². The molecule has 0 aliphatic heterocycles. The molecule has 0 N–H and O–H groups in total. The minimum atomic E-state index is -1.86. The van der Waals surface area contributed by atoms with E-state index in [1.165, 1.54) is 21.5 Å². The molecular weight excluding hydrogens is 631 g/mol. The zero-order valence-corrected chi connectivity index (χ0v) is 24.5. The van der Waals surface area contributed by atoms with Crippen molar-refractivity contribution < 1.29 is 33.0 Å². The summed E-state index contributed by atoms with van der Waals surface area (Å²) in [6.07, 6.45) is 3.23. The van der Waals surface area contributed by atoms with Crippen molar-refractivity contribution in [3.63, 3.8) is 0 Å². The Morgan fingerprint density at radius 2 is 0.895 bits per heavy atom. The topological polar surface area (TPSA) is 9.23 Å². The summed E-state index contributed by atoms with van der Waals surface area (Å²) in [6, 6.07) is 41.9. The molecule has 0 heterocycles. The first kappa shape index (κ1) is 42.6. The molecule has 0 bridgehead atoms. The van der Waals surface area contributed by atoms with Gasteiger partial charge in [0.05, 0.1) is 12.8 Å². The van der Waals surface area contributed by atoms with Crippen molar-refractivity contribution >= 4 is 47.6 Å². The van der Waals surface area contributed by atoms with Gasteiger partial charge in [0.25, 0.3) is 0 Å². The predicted octanol–water partition coefficient (Wildman–Crippen LogP) is 6.89. The molecule has 9 heteroatoms. The molecule has 4 aromatic rings. The maximum Gasteiger partial charge on any atom is 0.119 e. The SMILES string of the molecule is CCCCOc1ccc(C[P+](c2ccccc2)(c2ccccc2)c2ccccc2)cc1.F.F.F.F.F.F.[Sb]. The Morgan fingerprint density at radius 1 is 0.526 bits per heavy atom. The average Bonchev–Trinajstić information content (AvgIpc) is 2.85. The Hall–Kier alpha value is -2.49. The van der Waals surface area contributed by atoms with Crippen LogP contribution in [-0.4, -0.2) is 31.0 Å². The summed E-state index contributed by atoms with van der Waals surface area (Å²) in [6.45, 7) is 2.97. The van der Waals surface area contributed by atoms with E-state index in [1.54, 1.807) is 0 Å². The quantitative estimate of drug-likeness (QED) is 0.0818. The van der Waals surface area contributed by atoms with E-state index in [0.29, 0.717) is 0 Å². The molecular formula is C29H36F6OPSb+. The Balaban J connectivity index is -0.000000826. The van der Waals surface area contributed by atoms with Crippen molar-refractivity contribution in [2.45, 2.75) is 25.9 Å². The molecule has 1 nitrogen and oxygen atoms in total. The van der Waals surface area contributed by atoms with Crippen molar-refractivity contribution in [3.8, 4) is 5.75 Å². The minimum Gasteiger partial charge on any atom is -0.494 e. The summed E-state index contributed by atoms with van der Waals surface area (Å²) >= 11 is 0. The third kappa shape index (κ3) is 10.00. The summed E-state index contributed by atoms with van der Waals surface area (Å²) < 4.78 is 5.89. The van der Waals surface area contributed by atoms with Crippen LogP contribution in [-0.2, 0) is 6.16 Å². The Labute approximate surface area is 239 Å². The largest absolute Gasteiger partial charge is 0.494 e. The maximum absolute atomic E-state index is 5.89. The van der Waals surface area contributed by atoms with Crippen LogP contribution in [0.5, 0.6) is 5.75 Å². The van der Waals surface area contributed by atoms with E-state index in [-0.39, 0.29) is 52.7 Å². The van der Waals surface area contributed by atoms with Gasteiger partial charge in [-0.05, 0) is 60.5 Å². The van der Waals surface area contributed by atoms with E-state index in [1.807, 2.05) is 0 Å². The van der Waals surface area contributed by atoms with Crippen LogP contribution in [0.1, 0.15) is 25.3 Å². The average molecular weight is 667 g/mol. The number of hydrogen-bond donors (Lipinski definition) is 0. The van der Waals surface area contributed by atoms with Gasteiger partial charge in [0, 0.05) is 24.4 Å². The molecule has 0 saturated heterocycles. The van der Waals surface area contributed by atoms with Gasteiger partial charge in [0.1, 0.15) is 28.9 Å². The first-order valence-electron chi connectivity index (χ1n) is 11.1. The smallest absolute Gasteiger partial charge is 0.119 e.